The fraction of sp³-hybridized carbons (Fsp3) is 0. The molecule has 0 saturated heterocycles. The lowest BCUT2D eigenvalue weighted by molar-refractivity contribution is -0.136. The zero-order valence-electron chi connectivity index (χ0n) is 16.1. The van der Waals surface area contributed by atoms with Crippen molar-refractivity contribution in [3.63, 3.8) is 0 Å². The van der Waals surface area contributed by atoms with Crippen molar-refractivity contribution in [3.8, 4) is 5.75 Å². The van der Waals surface area contributed by atoms with E-state index in [2.05, 4.69) is 15.8 Å². The summed E-state index contributed by atoms with van der Waals surface area (Å²) in [5.74, 6) is -2.41. The number of para-hydroxylation sites is 1. The Balaban J connectivity index is 1.63. The number of halogens is 3. The molecule has 2 N–H and O–H groups in total. The zero-order valence-corrected chi connectivity index (χ0v) is 18.4. The minimum absolute atomic E-state index is 0.202. The first-order valence-corrected chi connectivity index (χ1v) is 10.1. The van der Waals surface area contributed by atoms with E-state index < -0.39 is 17.8 Å². The van der Waals surface area contributed by atoms with Crippen LogP contribution >= 0.6 is 34.8 Å². The quantitative estimate of drug-likeness (QED) is 0.174. The number of ether oxygens (including phenoxy) is 1. The van der Waals surface area contributed by atoms with E-state index in [1.165, 1.54) is 30.5 Å². The fourth-order valence-corrected chi connectivity index (χ4v) is 3.20. The maximum atomic E-state index is 12.3. The van der Waals surface area contributed by atoms with Crippen molar-refractivity contribution in [1.29, 1.82) is 0 Å². The molecule has 3 aromatic rings. The van der Waals surface area contributed by atoms with Crippen LogP contribution in [0.1, 0.15) is 15.9 Å². The predicted octanol–water partition coefficient (Wildman–Crippen LogP) is 4.95. The molecule has 0 radical (unpaired) electrons. The normalized spacial score (nSPS) is 10.6. The summed E-state index contributed by atoms with van der Waals surface area (Å²) in [6.07, 6.45) is 1.24. The summed E-state index contributed by atoms with van der Waals surface area (Å²) < 4.78 is 5.39. The third-order valence-corrected chi connectivity index (χ3v) is 4.55. The summed E-state index contributed by atoms with van der Waals surface area (Å²) >= 11 is 17.6. The lowest BCUT2D eigenvalue weighted by Crippen LogP contribution is -2.32. The van der Waals surface area contributed by atoms with Crippen LogP contribution in [0, 0.1) is 0 Å². The Bertz CT molecular complexity index is 1190. The van der Waals surface area contributed by atoms with Crippen LogP contribution in [0.15, 0.2) is 71.8 Å². The van der Waals surface area contributed by atoms with Crippen LogP contribution in [0.25, 0.3) is 0 Å². The number of carbonyl (C=O) groups is 3. The fourth-order valence-electron chi connectivity index (χ4n) is 2.48. The number of nitrogens with one attached hydrogen (secondary N) is 2. The molecule has 7 nitrogen and oxygen atoms in total. The molecule has 0 aliphatic heterocycles. The average Bonchev–Trinajstić information content (AvgIpc) is 2.74. The van der Waals surface area contributed by atoms with Gasteiger partial charge in [-0.15, -0.1) is 0 Å². The number of rotatable bonds is 5. The third-order valence-electron chi connectivity index (χ3n) is 3.88. The number of amides is 2. The standard InChI is InChI=1S/C22H14Cl3N3O4/c23-15-6-3-5-13(8-15)22(31)32-19-7-2-1-4-14(19)12-26-28-21(30)20(29)27-18-10-16(24)9-17(25)11-18/h1-12H,(H,27,29)(H,28,30)/b26-12+. The van der Waals surface area contributed by atoms with Crippen LogP contribution in [-0.2, 0) is 9.59 Å². The van der Waals surface area contributed by atoms with E-state index in [-0.39, 0.29) is 17.0 Å². The van der Waals surface area contributed by atoms with E-state index in [4.69, 9.17) is 39.5 Å². The number of carbonyl (C=O) groups excluding carboxylic acids is 3. The molecule has 2 amide bonds. The highest BCUT2D eigenvalue weighted by molar-refractivity contribution is 6.40. The van der Waals surface area contributed by atoms with Gasteiger partial charge in [0, 0.05) is 26.3 Å². The second kappa shape index (κ2) is 10.8. The van der Waals surface area contributed by atoms with E-state index in [0.717, 1.165) is 0 Å². The minimum atomic E-state index is -1.02. The maximum Gasteiger partial charge on any atom is 0.343 e. The van der Waals surface area contributed by atoms with Crippen LogP contribution < -0.4 is 15.5 Å². The van der Waals surface area contributed by atoms with Gasteiger partial charge in [0.25, 0.3) is 0 Å². The monoisotopic (exact) mass is 489 g/mol. The molecular formula is C22H14Cl3N3O4. The van der Waals surface area contributed by atoms with Crippen molar-refractivity contribution in [3.05, 3.63) is 92.9 Å². The molecule has 32 heavy (non-hydrogen) atoms. The lowest BCUT2D eigenvalue weighted by Gasteiger charge is -2.07. The summed E-state index contributed by atoms with van der Waals surface area (Å²) in [6.45, 7) is 0. The molecule has 3 aromatic carbocycles. The van der Waals surface area contributed by atoms with Crippen molar-refractivity contribution in [2.24, 2.45) is 5.10 Å². The van der Waals surface area contributed by atoms with Crippen molar-refractivity contribution < 1.29 is 19.1 Å². The maximum absolute atomic E-state index is 12.3. The van der Waals surface area contributed by atoms with Gasteiger partial charge in [-0.25, -0.2) is 10.2 Å². The Morgan fingerprint density at radius 3 is 2.25 bits per heavy atom. The zero-order chi connectivity index (χ0) is 23.1. The number of benzene rings is 3. The first-order chi connectivity index (χ1) is 15.3. The summed E-state index contributed by atoms with van der Waals surface area (Å²) in [6, 6.07) is 17.2. The van der Waals surface area contributed by atoms with Crippen LogP contribution in [0.3, 0.4) is 0 Å². The first kappa shape index (κ1) is 23.3. The number of nitrogens with zero attached hydrogens (tertiary/aromatic N) is 1. The van der Waals surface area contributed by atoms with Gasteiger partial charge >= 0.3 is 17.8 Å². The SMILES string of the molecule is O=C(N/N=C/c1ccccc1OC(=O)c1cccc(Cl)c1)C(=O)Nc1cc(Cl)cc(Cl)c1. The number of hydrogen-bond acceptors (Lipinski definition) is 5. The molecule has 0 heterocycles. The molecule has 0 spiro atoms. The summed E-state index contributed by atoms with van der Waals surface area (Å²) in [7, 11) is 0. The van der Waals surface area contributed by atoms with E-state index in [0.29, 0.717) is 20.6 Å². The minimum Gasteiger partial charge on any atom is -0.422 e. The van der Waals surface area contributed by atoms with E-state index in [1.807, 2.05) is 0 Å². The smallest absolute Gasteiger partial charge is 0.343 e. The van der Waals surface area contributed by atoms with Gasteiger partial charge in [0.05, 0.1) is 11.8 Å². The Kier molecular flexibility index (Phi) is 7.83. The Morgan fingerprint density at radius 2 is 1.53 bits per heavy atom. The largest absolute Gasteiger partial charge is 0.422 e. The highest BCUT2D eigenvalue weighted by Crippen LogP contribution is 2.22. The molecule has 0 atom stereocenters. The molecular weight excluding hydrogens is 477 g/mol. The van der Waals surface area contributed by atoms with Crippen LogP contribution in [0.5, 0.6) is 5.75 Å². The molecule has 0 aliphatic carbocycles. The van der Waals surface area contributed by atoms with Crippen molar-refractivity contribution in [2.75, 3.05) is 5.32 Å². The Hall–Kier alpha value is -3.39. The number of hydrazone groups is 1. The number of hydrogen-bond donors (Lipinski definition) is 2. The molecule has 0 aromatic heterocycles. The van der Waals surface area contributed by atoms with Crippen molar-refractivity contribution in [1.82, 2.24) is 5.43 Å². The molecule has 0 bridgehead atoms. The number of esters is 1. The molecule has 0 saturated carbocycles. The van der Waals surface area contributed by atoms with E-state index in [1.54, 1.807) is 42.5 Å². The van der Waals surface area contributed by atoms with E-state index in [9.17, 15) is 14.4 Å². The third kappa shape index (κ3) is 6.55. The molecule has 0 fully saturated rings. The molecule has 3 rings (SSSR count). The summed E-state index contributed by atoms with van der Waals surface area (Å²) in [4.78, 5) is 36.3. The van der Waals surface area contributed by atoms with Gasteiger partial charge in [0.15, 0.2) is 0 Å². The molecule has 162 valence electrons. The lowest BCUT2D eigenvalue weighted by atomic mass is 10.2. The van der Waals surface area contributed by atoms with Gasteiger partial charge in [0.1, 0.15) is 5.75 Å². The highest BCUT2D eigenvalue weighted by atomic mass is 35.5. The van der Waals surface area contributed by atoms with Crippen molar-refractivity contribution in [2.45, 2.75) is 0 Å². The van der Waals surface area contributed by atoms with E-state index >= 15 is 0 Å². The molecule has 10 heteroatoms. The molecule has 0 aliphatic rings. The van der Waals surface area contributed by atoms with Gasteiger partial charge in [0.2, 0.25) is 0 Å². The molecule has 0 unspecified atom stereocenters. The Morgan fingerprint density at radius 1 is 0.812 bits per heavy atom. The first-order valence-electron chi connectivity index (χ1n) is 8.99. The number of anilines is 1. The van der Waals surface area contributed by atoms with Gasteiger partial charge in [-0.2, -0.15) is 5.10 Å². The predicted molar refractivity (Wildman–Crippen MR) is 124 cm³/mol. The average molecular weight is 491 g/mol. The topological polar surface area (TPSA) is 96.9 Å². The van der Waals surface area contributed by atoms with Crippen LogP contribution in [-0.4, -0.2) is 24.0 Å². The highest BCUT2D eigenvalue weighted by Gasteiger charge is 2.14. The van der Waals surface area contributed by atoms with Crippen molar-refractivity contribution >= 4 is 64.5 Å². The van der Waals surface area contributed by atoms with Crippen LogP contribution in [0.4, 0.5) is 5.69 Å². The second-order valence-electron chi connectivity index (χ2n) is 6.25. The Labute approximate surface area is 197 Å². The van der Waals surface area contributed by atoms with Gasteiger partial charge in [-0.1, -0.05) is 53.0 Å². The van der Waals surface area contributed by atoms with Gasteiger partial charge in [-0.05, 0) is 48.5 Å². The van der Waals surface area contributed by atoms with Gasteiger partial charge in [-0.3, -0.25) is 9.59 Å². The van der Waals surface area contributed by atoms with Gasteiger partial charge < -0.3 is 10.1 Å². The summed E-state index contributed by atoms with van der Waals surface area (Å²) in [5.41, 5.74) is 3.02. The second-order valence-corrected chi connectivity index (χ2v) is 7.56. The summed E-state index contributed by atoms with van der Waals surface area (Å²) in [5, 5.41) is 7.10. The van der Waals surface area contributed by atoms with Crippen LogP contribution in [0.2, 0.25) is 15.1 Å².